The van der Waals surface area contributed by atoms with Gasteiger partial charge in [-0.05, 0) is 41.6 Å². The summed E-state index contributed by atoms with van der Waals surface area (Å²) < 4.78 is 11.3. The topological polar surface area (TPSA) is 97.3 Å². The molecule has 130 valence electrons. The van der Waals surface area contributed by atoms with Gasteiger partial charge in [-0.1, -0.05) is 15.9 Å². The Balaban J connectivity index is 1.72. The Morgan fingerprint density at radius 2 is 1.81 bits per heavy atom. The average Bonchev–Trinajstić information content (AvgIpc) is 3.20. The highest BCUT2D eigenvalue weighted by Gasteiger charge is 2.34. The number of nitrogens with zero attached hydrogens (tertiary/aromatic N) is 2. The number of nitroso groups, excluding NO2 is 1. The number of hydrogen-bond acceptors (Lipinski definition) is 6. The molecule has 0 bridgehead atoms. The fraction of sp³-hybridized carbons (Fsp3) is 0.0588. The summed E-state index contributed by atoms with van der Waals surface area (Å²) in [5.74, 6) is -0.306. The van der Waals surface area contributed by atoms with Crippen LogP contribution in [-0.2, 0) is 9.59 Å². The van der Waals surface area contributed by atoms with Gasteiger partial charge in [0.1, 0.15) is 11.3 Å². The van der Waals surface area contributed by atoms with Gasteiger partial charge < -0.3 is 9.47 Å². The van der Waals surface area contributed by atoms with Crippen LogP contribution in [0.1, 0.15) is 5.56 Å². The van der Waals surface area contributed by atoms with Crippen molar-refractivity contribution in [3.05, 3.63) is 56.9 Å². The molecule has 0 spiro atoms. The van der Waals surface area contributed by atoms with Gasteiger partial charge in [0.2, 0.25) is 6.79 Å². The molecule has 2 heterocycles. The Kier molecular flexibility index (Phi) is 3.92. The Morgan fingerprint density at radius 3 is 2.50 bits per heavy atom. The largest absolute Gasteiger partial charge is 0.454 e. The van der Waals surface area contributed by atoms with Crippen molar-refractivity contribution in [2.45, 2.75) is 0 Å². The third kappa shape index (κ3) is 2.72. The lowest BCUT2D eigenvalue weighted by Crippen LogP contribution is -2.35. The lowest BCUT2D eigenvalue weighted by Gasteiger charge is -2.14. The summed E-state index contributed by atoms with van der Waals surface area (Å²) in [5, 5.41) is 4.08. The number of halogens is 1. The molecule has 0 saturated carbocycles. The predicted octanol–water partition coefficient (Wildman–Crippen LogP) is 3.04. The minimum Gasteiger partial charge on any atom is -0.454 e. The van der Waals surface area contributed by atoms with Gasteiger partial charge in [-0.2, -0.15) is 0 Å². The van der Waals surface area contributed by atoms with E-state index >= 15 is 0 Å². The second kappa shape index (κ2) is 6.26. The maximum absolute atomic E-state index is 12.6. The molecule has 0 atom stereocenters. The smallest absolute Gasteiger partial charge is 0.282 e. The second-order valence-corrected chi connectivity index (χ2v) is 6.39. The average molecular weight is 416 g/mol. The number of carbonyl (C=O) groups is 2. The lowest BCUT2D eigenvalue weighted by atomic mass is 10.1. The number of nitrogens with one attached hydrogen (secondary N) is 1. The standard InChI is InChI=1S/C17H10BrN3O5/c18-10-1-3-11(4-2-10)21-17(23)12(16(22)19-21)5-9-6-14-15(26-8-25-14)7-13(9)20-24/h1-7H,8H2,(H,19,22). The number of ether oxygens (including phenoxy) is 2. The van der Waals surface area contributed by atoms with Crippen LogP contribution in [0, 0.1) is 4.91 Å². The molecule has 0 aromatic heterocycles. The van der Waals surface area contributed by atoms with Crippen molar-refractivity contribution >= 4 is 45.2 Å². The number of carbonyl (C=O) groups excluding carboxylic acids is 2. The molecule has 2 amide bonds. The van der Waals surface area contributed by atoms with E-state index in [4.69, 9.17) is 9.47 Å². The molecule has 8 nitrogen and oxygen atoms in total. The summed E-state index contributed by atoms with van der Waals surface area (Å²) in [6.07, 6.45) is 1.31. The van der Waals surface area contributed by atoms with Crippen molar-refractivity contribution in [1.29, 1.82) is 0 Å². The van der Waals surface area contributed by atoms with Crippen molar-refractivity contribution in [3.63, 3.8) is 0 Å². The number of rotatable bonds is 3. The van der Waals surface area contributed by atoms with Gasteiger partial charge >= 0.3 is 0 Å². The van der Waals surface area contributed by atoms with Crippen LogP contribution >= 0.6 is 15.9 Å². The first-order valence-corrected chi connectivity index (χ1v) is 8.26. The molecule has 4 rings (SSSR count). The Hall–Kier alpha value is -3.20. The predicted molar refractivity (Wildman–Crippen MR) is 95.8 cm³/mol. The van der Waals surface area contributed by atoms with Crippen LogP contribution in [0.2, 0.25) is 0 Å². The van der Waals surface area contributed by atoms with Crippen molar-refractivity contribution in [1.82, 2.24) is 5.43 Å². The van der Waals surface area contributed by atoms with Crippen LogP contribution in [0.3, 0.4) is 0 Å². The molecule has 0 aliphatic carbocycles. The zero-order chi connectivity index (χ0) is 18.3. The molecule has 0 unspecified atom stereocenters. The van der Waals surface area contributed by atoms with Crippen molar-refractivity contribution in [2.24, 2.45) is 5.18 Å². The van der Waals surface area contributed by atoms with E-state index in [0.29, 0.717) is 22.7 Å². The van der Waals surface area contributed by atoms with Gasteiger partial charge in [0, 0.05) is 16.1 Å². The fourth-order valence-corrected chi connectivity index (χ4v) is 2.89. The number of anilines is 1. The monoisotopic (exact) mass is 415 g/mol. The first kappa shape index (κ1) is 16.3. The molecule has 2 aliphatic heterocycles. The van der Waals surface area contributed by atoms with Gasteiger partial charge in [0.25, 0.3) is 11.8 Å². The van der Waals surface area contributed by atoms with Crippen LogP contribution in [0.5, 0.6) is 11.5 Å². The first-order valence-electron chi connectivity index (χ1n) is 7.46. The molecular formula is C17H10BrN3O5. The highest BCUT2D eigenvalue weighted by molar-refractivity contribution is 9.10. The van der Waals surface area contributed by atoms with Gasteiger partial charge in [-0.25, -0.2) is 5.01 Å². The lowest BCUT2D eigenvalue weighted by molar-refractivity contribution is -0.117. The molecule has 26 heavy (non-hydrogen) atoms. The van der Waals surface area contributed by atoms with Gasteiger partial charge in [0.05, 0.1) is 5.69 Å². The molecule has 2 aromatic carbocycles. The number of hydrogen-bond donors (Lipinski definition) is 1. The number of benzene rings is 2. The summed E-state index contributed by atoms with van der Waals surface area (Å²) >= 11 is 3.31. The van der Waals surface area contributed by atoms with E-state index in [2.05, 4.69) is 26.5 Å². The summed E-state index contributed by atoms with van der Waals surface area (Å²) in [6.45, 7) is 0.0322. The van der Waals surface area contributed by atoms with Gasteiger partial charge in [-0.15, -0.1) is 4.91 Å². The maximum Gasteiger partial charge on any atom is 0.282 e. The Labute approximate surface area is 155 Å². The molecule has 1 fully saturated rings. The first-order chi connectivity index (χ1) is 12.6. The van der Waals surface area contributed by atoms with Crippen molar-refractivity contribution in [3.8, 4) is 11.5 Å². The zero-order valence-electron chi connectivity index (χ0n) is 13.1. The molecule has 0 radical (unpaired) electrons. The molecule has 2 aliphatic rings. The van der Waals surface area contributed by atoms with Crippen LogP contribution in [-0.4, -0.2) is 18.6 Å². The maximum atomic E-state index is 12.6. The molecular weight excluding hydrogens is 406 g/mol. The number of hydrazine groups is 1. The SMILES string of the molecule is O=Nc1cc2c(cc1C=C1C(=O)NN(c3ccc(Br)cc3)C1=O)OCO2. The van der Waals surface area contributed by atoms with Crippen LogP contribution in [0.15, 0.2) is 51.6 Å². The van der Waals surface area contributed by atoms with E-state index in [1.807, 2.05) is 0 Å². The Bertz CT molecular complexity index is 971. The van der Waals surface area contributed by atoms with E-state index in [1.165, 1.54) is 18.2 Å². The molecule has 9 heteroatoms. The summed E-state index contributed by atoms with van der Waals surface area (Å²) in [7, 11) is 0. The van der Waals surface area contributed by atoms with Crippen molar-refractivity contribution < 1.29 is 19.1 Å². The molecule has 1 N–H and O–H groups in total. The summed E-state index contributed by atoms with van der Waals surface area (Å²) in [6, 6.07) is 9.79. The third-order valence-electron chi connectivity index (χ3n) is 3.90. The summed E-state index contributed by atoms with van der Waals surface area (Å²) in [5.41, 5.74) is 3.23. The molecule has 1 saturated heterocycles. The van der Waals surface area contributed by atoms with E-state index in [1.54, 1.807) is 24.3 Å². The summed E-state index contributed by atoms with van der Waals surface area (Å²) in [4.78, 5) is 36.0. The highest BCUT2D eigenvalue weighted by Crippen LogP contribution is 2.39. The van der Waals surface area contributed by atoms with Crippen LogP contribution in [0.4, 0.5) is 11.4 Å². The van der Waals surface area contributed by atoms with Gasteiger partial charge in [0.15, 0.2) is 11.5 Å². The minimum atomic E-state index is -0.576. The van der Waals surface area contributed by atoms with E-state index in [9.17, 15) is 14.5 Å². The number of fused-ring (bicyclic) bond motifs is 1. The zero-order valence-corrected chi connectivity index (χ0v) is 14.6. The second-order valence-electron chi connectivity index (χ2n) is 5.47. The highest BCUT2D eigenvalue weighted by atomic mass is 79.9. The fourth-order valence-electron chi connectivity index (χ4n) is 2.63. The van der Waals surface area contributed by atoms with E-state index in [-0.39, 0.29) is 18.1 Å². The van der Waals surface area contributed by atoms with Crippen LogP contribution < -0.4 is 19.9 Å². The van der Waals surface area contributed by atoms with Crippen molar-refractivity contribution in [2.75, 3.05) is 11.8 Å². The quantitative estimate of drug-likeness (QED) is 0.471. The normalized spacial score (nSPS) is 17.0. The van der Waals surface area contributed by atoms with Crippen LogP contribution in [0.25, 0.3) is 6.08 Å². The molecule has 2 aromatic rings. The Morgan fingerprint density at radius 1 is 1.12 bits per heavy atom. The minimum absolute atomic E-state index is 0.0322. The van der Waals surface area contributed by atoms with E-state index < -0.39 is 11.8 Å². The third-order valence-corrected chi connectivity index (χ3v) is 4.43. The van der Waals surface area contributed by atoms with E-state index in [0.717, 1.165) is 9.48 Å². The number of amides is 2. The van der Waals surface area contributed by atoms with Gasteiger partial charge in [-0.3, -0.25) is 15.0 Å².